The second-order valence-electron chi connectivity index (χ2n) is 6.22. The van der Waals surface area contributed by atoms with Gasteiger partial charge >= 0.3 is 5.97 Å². The summed E-state index contributed by atoms with van der Waals surface area (Å²) in [5.74, 6) is -0.100. The Morgan fingerprint density at radius 2 is 1.95 bits per heavy atom. The van der Waals surface area contributed by atoms with Crippen LogP contribution in [0.25, 0.3) is 0 Å². The van der Waals surface area contributed by atoms with Crippen LogP contribution in [0.5, 0.6) is 0 Å². The maximum Gasteiger partial charge on any atom is 0.305 e. The van der Waals surface area contributed by atoms with Crippen molar-refractivity contribution in [1.82, 2.24) is 5.32 Å². The average molecular weight is 291 g/mol. The Hall–Kier alpha value is -1.35. The number of ether oxygens (including phenoxy) is 1. The van der Waals surface area contributed by atoms with E-state index in [1.165, 1.54) is 5.56 Å². The van der Waals surface area contributed by atoms with Crippen molar-refractivity contribution >= 4 is 5.97 Å². The van der Waals surface area contributed by atoms with Crippen molar-refractivity contribution in [3.05, 3.63) is 35.9 Å². The molecule has 0 aromatic heterocycles. The third kappa shape index (κ3) is 6.76. The van der Waals surface area contributed by atoms with E-state index in [1.54, 1.807) is 0 Å². The molecule has 1 rings (SSSR count). The van der Waals surface area contributed by atoms with Gasteiger partial charge in [-0.25, -0.2) is 0 Å². The van der Waals surface area contributed by atoms with Crippen molar-refractivity contribution in [3.63, 3.8) is 0 Å². The molecule has 0 saturated carbocycles. The molecule has 3 nitrogen and oxygen atoms in total. The van der Waals surface area contributed by atoms with Crippen LogP contribution < -0.4 is 5.32 Å². The van der Waals surface area contributed by atoms with E-state index in [0.29, 0.717) is 19.1 Å². The number of carbonyl (C=O) groups is 1. The molecule has 1 N–H and O–H groups in total. The maximum absolute atomic E-state index is 11.3. The SMILES string of the molecule is CCOC(=O)CCCNC(C)CC(C)(C)c1ccccc1. The van der Waals surface area contributed by atoms with Gasteiger partial charge in [0, 0.05) is 12.5 Å². The van der Waals surface area contributed by atoms with Crippen molar-refractivity contribution in [2.75, 3.05) is 13.2 Å². The molecule has 0 fully saturated rings. The van der Waals surface area contributed by atoms with Gasteiger partial charge in [-0.1, -0.05) is 44.2 Å². The zero-order chi connectivity index (χ0) is 15.7. The van der Waals surface area contributed by atoms with Gasteiger partial charge in [-0.15, -0.1) is 0 Å². The third-order valence-corrected chi connectivity index (χ3v) is 3.73. The van der Waals surface area contributed by atoms with Crippen molar-refractivity contribution in [2.24, 2.45) is 0 Å². The normalized spacial score (nSPS) is 13.0. The molecule has 1 aromatic carbocycles. The smallest absolute Gasteiger partial charge is 0.305 e. The summed E-state index contributed by atoms with van der Waals surface area (Å²) in [5, 5.41) is 3.50. The Morgan fingerprint density at radius 1 is 1.29 bits per heavy atom. The van der Waals surface area contributed by atoms with Gasteiger partial charge in [0.05, 0.1) is 6.61 Å². The minimum atomic E-state index is -0.100. The molecule has 0 aliphatic rings. The number of benzene rings is 1. The first kappa shape index (κ1) is 17.7. The zero-order valence-electron chi connectivity index (χ0n) is 13.8. The second kappa shape index (κ2) is 8.83. The molecule has 0 amide bonds. The molecule has 0 bridgehead atoms. The molecule has 118 valence electrons. The molecule has 1 atom stereocenters. The van der Waals surface area contributed by atoms with Crippen molar-refractivity contribution in [2.45, 2.75) is 58.4 Å². The fourth-order valence-corrected chi connectivity index (χ4v) is 2.66. The second-order valence-corrected chi connectivity index (χ2v) is 6.22. The van der Waals surface area contributed by atoms with E-state index < -0.39 is 0 Å². The highest BCUT2D eigenvalue weighted by Gasteiger charge is 2.22. The van der Waals surface area contributed by atoms with Crippen LogP contribution in [0.3, 0.4) is 0 Å². The van der Waals surface area contributed by atoms with Gasteiger partial charge in [0.2, 0.25) is 0 Å². The van der Waals surface area contributed by atoms with Crippen LogP contribution in [0.4, 0.5) is 0 Å². The topological polar surface area (TPSA) is 38.3 Å². The fourth-order valence-electron chi connectivity index (χ4n) is 2.66. The average Bonchev–Trinajstić information content (AvgIpc) is 2.44. The summed E-state index contributed by atoms with van der Waals surface area (Å²) in [6, 6.07) is 11.0. The van der Waals surface area contributed by atoms with Crippen LogP contribution in [0.1, 0.15) is 52.5 Å². The first-order valence-electron chi connectivity index (χ1n) is 7.90. The number of rotatable bonds is 9. The number of carbonyl (C=O) groups excluding carboxylic acids is 1. The molecule has 0 radical (unpaired) electrons. The number of esters is 1. The van der Waals surface area contributed by atoms with Gasteiger partial charge in [0.1, 0.15) is 0 Å². The Labute approximate surface area is 129 Å². The van der Waals surface area contributed by atoms with Gasteiger partial charge in [-0.3, -0.25) is 4.79 Å². The van der Waals surface area contributed by atoms with Crippen LogP contribution in [0, 0.1) is 0 Å². The summed E-state index contributed by atoms with van der Waals surface area (Å²) < 4.78 is 4.92. The van der Waals surface area contributed by atoms with E-state index in [0.717, 1.165) is 19.4 Å². The first-order valence-corrected chi connectivity index (χ1v) is 7.90. The minimum Gasteiger partial charge on any atom is -0.466 e. The Balaban J connectivity index is 2.30. The Kier molecular flexibility index (Phi) is 7.44. The number of hydrogen-bond acceptors (Lipinski definition) is 3. The summed E-state index contributed by atoms with van der Waals surface area (Å²) in [7, 11) is 0. The lowest BCUT2D eigenvalue weighted by molar-refractivity contribution is -0.143. The largest absolute Gasteiger partial charge is 0.466 e. The first-order chi connectivity index (χ1) is 9.95. The van der Waals surface area contributed by atoms with Gasteiger partial charge in [0.25, 0.3) is 0 Å². The maximum atomic E-state index is 11.3. The molecule has 0 spiro atoms. The summed E-state index contributed by atoms with van der Waals surface area (Å²) >= 11 is 0. The van der Waals surface area contributed by atoms with Crippen LogP contribution in [0.15, 0.2) is 30.3 Å². The van der Waals surface area contributed by atoms with E-state index in [4.69, 9.17) is 4.74 Å². The predicted octanol–water partition coefficient (Wildman–Crippen LogP) is 3.68. The van der Waals surface area contributed by atoms with Crippen LogP contribution in [-0.2, 0) is 14.9 Å². The lowest BCUT2D eigenvalue weighted by Gasteiger charge is -2.29. The standard InChI is InChI=1S/C18H29NO2/c1-5-21-17(20)12-9-13-19-15(2)14-18(3,4)16-10-7-6-8-11-16/h6-8,10-11,15,19H,5,9,12-14H2,1-4H3. The van der Waals surface area contributed by atoms with Crippen LogP contribution >= 0.6 is 0 Å². The molecule has 21 heavy (non-hydrogen) atoms. The molecular formula is C18H29NO2. The third-order valence-electron chi connectivity index (χ3n) is 3.73. The molecule has 0 aliphatic carbocycles. The van der Waals surface area contributed by atoms with E-state index >= 15 is 0 Å². The molecule has 0 saturated heterocycles. The van der Waals surface area contributed by atoms with E-state index in [9.17, 15) is 4.79 Å². The Morgan fingerprint density at radius 3 is 2.57 bits per heavy atom. The summed E-state index contributed by atoms with van der Waals surface area (Å²) in [5.41, 5.74) is 1.51. The fraction of sp³-hybridized carbons (Fsp3) is 0.611. The molecule has 1 aromatic rings. The summed E-state index contributed by atoms with van der Waals surface area (Å²) in [6.45, 7) is 9.91. The lowest BCUT2D eigenvalue weighted by atomic mass is 9.79. The molecule has 0 heterocycles. The quantitative estimate of drug-likeness (QED) is 0.557. The zero-order valence-corrected chi connectivity index (χ0v) is 13.8. The van der Waals surface area contributed by atoms with E-state index in [1.807, 2.05) is 6.92 Å². The van der Waals surface area contributed by atoms with Gasteiger partial charge < -0.3 is 10.1 Å². The lowest BCUT2D eigenvalue weighted by Crippen LogP contribution is -2.34. The van der Waals surface area contributed by atoms with E-state index in [2.05, 4.69) is 56.4 Å². The monoisotopic (exact) mass is 291 g/mol. The molecule has 1 unspecified atom stereocenters. The highest BCUT2D eigenvalue weighted by atomic mass is 16.5. The minimum absolute atomic E-state index is 0.100. The van der Waals surface area contributed by atoms with Gasteiger partial charge in [-0.05, 0) is 44.2 Å². The van der Waals surface area contributed by atoms with Gasteiger partial charge in [-0.2, -0.15) is 0 Å². The van der Waals surface area contributed by atoms with Crippen molar-refractivity contribution < 1.29 is 9.53 Å². The van der Waals surface area contributed by atoms with Crippen molar-refractivity contribution in [3.8, 4) is 0 Å². The summed E-state index contributed by atoms with van der Waals surface area (Å²) in [6.07, 6.45) is 2.39. The predicted molar refractivity (Wildman–Crippen MR) is 87.4 cm³/mol. The van der Waals surface area contributed by atoms with E-state index in [-0.39, 0.29) is 11.4 Å². The van der Waals surface area contributed by atoms with Gasteiger partial charge in [0.15, 0.2) is 0 Å². The highest BCUT2D eigenvalue weighted by molar-refractivity contribution is 5.69. The highest BCUT2D eigenvalue weighted by Crippen LogP contribution is 2.28. The number of hydrogen-bond donors (Lipinski definition) is 1. The molecule has 3 heteroatoms. The molecular weight excluding hydrogens is 262 g/mol. The summed E-state index contributed by atoms with van der Waals surface area (Å²) in [4.78, 5) is 11.3. The van der Waals surface area contributed by atoms with Crippen LogP contribution in [-0.4, -0.2) is 25.2 Å². The van der Waals surface area contributed by atoms with Crippen molar-refractivity contribution in [1.29, 1.82) is 0 Å². The number of nitrogens with one attached hydrogen (secondary N) is 1. The molecule has 0 aliphatic heterocycles. The van der Waals surface area contributed by atoms with Crippen LogP contribution in [0.2, 0.25) is 0 Å². The Bertz CT molecular complexity index is 414.